The predicted octanol–water partition coefficient (Wildman–Crippen LogP) is -0.179. The Morgan fingerprint density at radius 3 is 2.80 bits per heavy atom. The summed E-state index contributed by atoms with van der Waals surface area (Å²) in [4.78, 5) is 14.3. The van der Waals surface area contributed by atoms with Gasteiger partial charge in [-0.15, -0.1) is 0 Å². The van der Waals surface area contributed by atoms with E-state index in [4.69, 9.17) is 4.74 Å². The lowest BCUT2D eigenvalue weighted by atomic mass is 10.00. The maximum absolute atomic E-state index is 12.2. The number of nitrogens with zero attached hydrogens (tertiary/aromatic N) is 2. The lowest BCUT2D eigenvalue weighted by Gasteiger charge is -2.32. The average Bonchev–Trinajstić information content (AvgIpc) is 2.59. The molecule has 1 unspecified atom stereocenters. The summed E-state index contributed by atoms with van der Waals surface area (Å²) in [6, 6.07) is 8.32. The fraction of sp³-hybridized carbons (Fsp3) is 0.588. The highest BCUT2D eigenvalue weighted by Gasteiger charge is 2.27. The molecule has 0 bridgehead atoms. The first kappa shape index (κ1) is 18.3. The molecule has 7 nitrogen and oxygen atoms in total. The van der Waals surface area contributed by atoms with Gasteiger partial charge in [0.15, 0.2) is 0 Å². The van der Waals surface area contributed by atoms with Crippen LogP contribution in [0.4, 0.5) is 0 Å². The van der Waals surface area contributed by atoms with Crippen LogP contribution in [0.5, 0.6) is 0 Å². The number of hydrogen-bond acceptors (Lipinski definition) is 5. The molecule has 2 aliphatic heterocycles. The molecule has 25 heavy (non-hydrogen) atoms. The largest absolute Gasteiger partial charge is 0.374 e. The first-order chi connectivity index (χ1) is 11.9. The van der Waals surface area contributed by atoms with E-state index in [0.29, 0.717) is 26.2 Å². The highest BCUT2D eigenvalue weighted by Crippen LogP contribution is 2.17. The molecule has 1 fully saturated rings. The first-order valence-corrected chi connectivity index (χ1v) is 10.4. The monoisotopic (exact) mass is 367 g/mol. The molecule has 0 aromatic heterocycles. The fourth-order valence-electron chi connectivity index (χ4n) is 3.29. The number of morpholine rings is 1. The number of carbonyl (C=O) groups excluding carboxylic acids is 1. The van der Waals surface area contributed by atoms with E-state index in [1.807, 2.05) is 12.1 Å². The number of carbonyl (C=O) groups is 1. The van der Waals surface area contributed by atoms with E-state index < -0.39 is 10.0 Å². The molecule has 1 N–H and O–H groups in total. The molecule has 2 aliphatic rings. The van der Waals surface area contributed by atoms with E-state index in [1.54, 1.807) is 0 Å². The molecule has 1 amide bonds. The minimum absolute atomic E-state index is 0.0561. The van der Waals surface area contributed by atoms with E-state index in [0.717, 1.165) is 19.5 Å². The maximum Gasteiger partial charge on any atom is 0.234 e. The molecule has 0 saturated carbocycles. The lowest BCUT2D eigenvalue weighted by Crippen LogP contribution is -2.50. The van der Waals surface area contributed by atoms with Crippen molar-refractivity contribution >= 4 is 15.9 Å². The van der Waals surface area contributed by atoms with Crippen LogP contribution in [-0.4, -0.2) is 75.2 Å². The Kier molecular flexibility index (Phi) is 5.73. The molecule has 3 rings (SSSR count). The maximum atomic E-state index is 12.2. The standard InChI is InChI=1S/C17H25N3O4S/c1-25(22,23)20-8-9-24-16(12-20)10-18-17(21)13-19-7-6-14-4-2-3-5-15(14)11-19/h2-5,16H,6-13H2,1H3,(H,18,21). The van der Waals surface area contributed by atoms with Crippen molar-refractivity contribution in [3.63, 3.8) is 0 Å². The van der Waals surface area contributed by atoms with E-state index in [9.17, 15) is 13.2 Å². The van der Waals surface area contributed by atoms with Gasteiger partial charge in [-0.2, -0.15) is 4.31 Å². The lowest BCUT2D eigenvalue weighted by molar-refractivity contribution is -0.123. The van der Waals surface area contributed by atoms with Gasteiger partial charge in [-0.3, -0.25) is 9.69 Å². The van der Waals surface area contributed by atoms with Gasteiger partial charge in [0, 0.05) is 32.7 Å². The third kappa shape index (κ3) is 5.01. The van der Waals surface area contributed by atoms with Crippen LogP contribution >= 0.6 is 0 Å². The number of fused-ring (bicyclic) bond motifs is 1. The SMILES string of the molecule is CS(=O)(=O)N1CCOC(CNC(=O)CN2CCc3ccccc3C2)C1. The average molecular weight is 367 g/mol. The molecule has 0 aliphatic carbocycles. The second-order valence-electron chi connectivity index (χ2n) is 6.65. The van der Waals surface area contributed by atoms with E-state index in [2.05, 4.69) is 22.3 Å². The minimum Gasteiger partial charge on any atom is -0.374 e. The van der Waals surface area contributed by atoms with Gasteiger partial charge in [0.2, 0.25) is 15.9 Å². The van der Waals surface area contributed by atoms with Crippen LogP contribution in [0.25, 0.3) is 0 Å². The van der Waals surface area contributed by atoms with Crippen molar-refractivity contribution in [2.75, 3.05) is 45.6 Å². The van der Waals surface area contributed by atoms with Crippen LogP contribution in [0.2, 0.25) is 0 Å². The molecule has 138 valence electrons. The van der Waals surface area contributed by atoms with Crippen molar-refractivity contribution in [1.29, 1.82) is 0 Å². The van der Waals surface area contributed by atoms with Gasteiger partial charge in [-0.25, -0.2) is 8.42 Å². The Balaban J connectivity index is 1.44. The van der Waals surface area contributed by atoms with E-state index in [1.165, 1.54) is 21.7 Å². The molecule has 0 radical (unpaired) electrons. The third-order valence-corrected chi connectivity index (χ3v) is 5.94. The molecule has 2 heterocycles. The van der Waals surface area contributed by atoms with Gasteiger partial charge in [-0.1, -0.05) is 24.3 Å². The summed E-state index contributed by atoms with van der Waals surface area (Å²) in [6.07, 6.45) is 1.86. The number of amides is 1. The Hall–Kier alpha value is -1.48. The van der Waals surface area contributed by atoms with Crippen LogP contribution in [0.3, 0.4) is 0 Å². The van der Waals surface area contributed by atoms with Crippen LogP contribution in [-0.2, 0) is 32.5 Å². The summed E-state index contributed by atoms with van der Waals surface area (Å²) in [5.41, 5.74) is 2.64. The Bertz CT molecular complexity index is 722. The molecular weight excluding hydrogens is 342 g/mol. The number of hydrogen-bond donors (Lipinski definition) is 1. The van der Waals surface area contributed by atoms with Crippen LogP contribution in [0.1, 0.15) is 11.1 Å². The van der Waals surface area contributed by atoms with Gasteiger partial charge in [-0.05, 0) is 17.5 Å². The second-order valence-corrected chi connectivity index (χ2v) is 8.63. The van der Waals surface area contributed by atoms with Crippen molar-refractivity contribution in [2.24, 2.45) is 0 Å². The van der Waals surface area contributed by atoms with Crippen LogP contribution < -0.4 is 5.32 Å². The van der Waals surface area contributed by atoms with Gasteiger partial charge in [0.25, 0.3) is 0 Å². The van der Waals surface area contributed by atoms with Crippen molar-refractivity contribution < 1.29 is 17.9 Å². The van der Waals surface area contributed by atoms with Gasteiger partial charge in [0.05, 0.1) is 25.5 Å². The number of benzene rings is 1. The van der Waals surface area contributed by atoms with Gasteiger partial charge >= 0.3 is 0 Å². The smallest absolute Gasteiger partial charge is 0.234 e. The fourth-order valence-corrected chi connectivity index (χ4v) is 4.14. The molecular formula is C17H25N3O4S. The zero-order valence-corrected chi connectivity index (χ0v) is 15.3. The van der Waals surface area contributed by atoms with Crippen molar-refractivity contribution in [3.8, 4) is 0 Å². The first-order valence-electron chi connectivity index (χ1n) is 8.54. The topological polar surface area (TPSA) is 79.0 Å². The third-order valence-electron chi connectivity index (χ3n) is 4.67. The predicted molar refractivity (Wildman–Crippen MR) is 94.6 cm³/mol. The van der Waals surface area contributed by atoms with Gasteiger partial charge < -0.3 is 10.1 Å². The summed E-state index contributed by atoms with van der Waals surface area (Å²) >= 11 is 0. The molecule has 1 atom stereocenters. The normalized spacial score (nSPS) is 22.4. The molecule has 1 aromatic rings. The number of nitrogens with one attached hydrogen (secondary N) is 1. The second kappa shape index (κ2) is 7.82. The number of ether oxygens (including phenoxy) is 1. The number of sulfonamides is 1. The summed E-state index contributed by atoms with van der Waals surface area (Å²) in [5.74, 6) is -0.0561. The highest BCUT2D eigenvalue weighted by molar-refractivity contribution is 7.88. The highest BCUT2D eigenvalue weighted by atomic mass is 32.2. The van der Waals surface area contributed by atoms with E-state index in [-0.39, 0.29) is 18.6 Å². The van der Waals surface area contributed by atoms with Crippen LogP contribution in [0, 0.1) is 0 Å². The summed E-state index contributed by atoms with van der Waals surface area (Å²) in [7, 11) is -3.22. The minimum atomic E-state index is -3.22. The van der Waals surface area contributed by atoms with Crippen molar-refractivity contribution in [3.05, 3.63) is 35.4 Å². The van der Waals surface area contributed by atoms with Crippen molar-refractivity contribution in [2.45, 2.75) is 19.1 Å². The summed E-state index contributed by atoms with van der Waals surface area (Å²) < 4.78 is 30.2. The molecule has 0 spiro atoms. The van der Waals surface area contributed by atoms with Crippen molar-refractivity contribution in [1.82, 2.24) is 14.5 Å². The van der Waals surface area contributed by atoms with Crippen LogP contribution in [0.15, 0.2) is 24.3 Å². The zero-order chi connectivity index (χ0) is 17.9. The molecule has 1 aromatic carbocycles. The Morgan fingerprint density at radius 1 is 1.28 bits per heavy atom. The quantitative estimate of drug-likeness (QED) is 0.781. The van der Waals surface area contributed by atoms with E-state index >= 15 is 0 Å². The Labute approximate surface area is 149 Å². The summed E-state index contributed by atoms with van der Waals surface area (Å²) in [6.45, 7) is 3.34. The molecule has 1 saturated heterocycles. The molecule has 8 heteroatoms. The summed E-state index contributed by atoms with van der Waals surface area (Å²) in [5, 5.41) is 2.87. The Morgan fingerprint density at radius 2 is 2.04 bits per heavy atom. The zero-order valence-electron chi connectivity index (χ0n) is 14.5. The van der Waals surface area contributed by atoms with Gasteiger partial charge in [0.1, 0.15) is 0 Å². The number of rotatable bonds is 5.